The number of fused-ring (bicyclic) bond motifs is 1. The molecule has 0 unspecified atom stereocenters. The molecule has 8 nitrogen and oxygen atoms in total. The second-order valence-electron chi connectivity index (χ2n) is 7.72. The van der Waals surface area contributed by atoms with Gasteiger partial charge in [0.15, 0.2) is 0 Å². The Balaban J connectivity index is 1.30. The molecule has 2 amide bonds. The summed E-state index contributed by atoms with van der Waals surface area (Å²) in [6, 6.07) is 12.5. The van der Waals surface area contributed by atoms with Crippen LogP contribution in [0.5, 0.6) is 5.75 Å². The number of halogens is 1. The van der Waals surface area contributed by atoms with Gasteiger partial charge in [0.25, 0.3) is 5.56 Å². The number of hydrogen-bond donors (Lipinski definition) is 1. The molecule has 1 N–H and O–H groups in total. The highest BCUT2D eigenvalue weighted by atomic mass is 35.5. The molecule has 0 radical (unpaired) electrons. The van der Waals surface area contributed by atoms with E-state index in [9.17, 15) is 9.59 Å². The van der Waals surface area contributed by atoms with Crippen molar-refractivity contribution in [3.8, 4) is 5.75 Å². The van der Waals surface area contributed by atoms with Crippen molar-refractivity contribution in [2.75, 3.05) is 39.8 Å². The molecule has 1 saturated heterocycles. The fraction of sp³-hybridized carbons (Fsp3) is 0.348. The second kappa shape index (κ2) is 10.0. The Morgan fingerprint density at radius 3 is 2.56 bits per heavy atom. The van der Waals surface area contributed by atoms with Gasteiger partial charge >= 0.3 is 6.03 Å². The van der Waals surface area contributed by atoms with Crippen LogP contribution in [-0.2, 0) is 13.1 Å². The minimum Gasteiger partial charge on any atom is -0.495 e. The molecule has 3 aromatic rings. The van der Waals surface area contributed by atoms with Gasteiger partial charge in [0.1, 0.15) is 5.75 Å². The third-order valence-corrected chi connectivity index (χ3v) is 5.96. The van der Waals surface area contributed by atoms with Crippen LogP contribution < -0.4 is 15.6 Å². The largest absolute Gasteiger partial charge is 0.495 e. The monoisotopic (exact) mass is 455 g/mol. The van der Waals surface area contributed by atoms with Crippen LogP contribution in [0.4, 0.5) is 4.79 Å². The molecule has 0 aliphatic carbocycles. The molecular formula is C23H26ClN5O3. The molecule has 3 heterocycles. The van der Waals surface area contributed by atoms with Crippen LogP contribution in [-0.4, -0.2) is 65.2 Å². The first kappa shape index (κ1) is 22.1. The molecule has 0 spiro atoms. The van der Waals surface area contributed by atoms with E-state index in [1.54, 1.807) is 30.0 Å². The third-order valence-electron chi connectivity index (χ3n) is 5.70. The fourth-order valence-electron chi connectivity index (χ4n) is 3.80. The molecule has 0 atom stereocenters. The van der Waals surface area contributed by atoms with Crippen LogP contribution in [0.2, 0.25) is 5.02 Å². The maximum absolute atomic E-state index is 12.5. The quantitative estimate of drug-likeness (QED) is 0.618. The number of benzene rings is 1. The van der Waals surface area contributed by atoms with Crippen LogP contribution in [0.25, 0.3) is 11.0 Å². The Morgan fingerprint density at radius 2 is 1.84 bits per heavy atom. The smallest absolute Gasteiger partial charge is 0.317 e. The molecule has 32 heavy (non-hydrogen) atoms. The van der Waals surface area contributed by atoms with Crippen molar-refractivity contribution in [3.63, 3.8) is 0 Å². The molecule has 1 aliphatic heterocycles. The van der Waals surface area contributed by atoms with Gasteiger partial charge in [-0.3, -0.25) is 14.7 Å². The molecule has 0 bridgehead atoms. The lowest BCUT2D eigenvalue weighted by atomic mass is 10.2. The van der Waals surface area contributed by atoms with Crippen LogP contribution in [0.1, 0.15) is 5.56 Å². The lowest BCUT2D eigenvalue weighted by Crippen LogP contribution is -2.52. The number of methoxy groups -OCH3 is 1. The predicted octanol–water partition coefficient (Wildman–Crippen LogP) is 2.59. The number of aromatic nitrogens is 2. The Bertz CT molecular complexity index is 1140. The number of hydrogen-bond acceptors (Lipinski definition) is 5. The third kappa shape index (κ3) is 5.20. The molecule has 2 aromatic heterocycles. The maximum Gasteiger partial charge on any atom is 0.317 e. The molecule has 9 heteroatoms. The van der Waals surface area contributed by atoms with E-state index >= 15 is 0 Å². The molecule has 1 fully saturated rings. The summed E-state index contributed by atoms with van der Waals surface area (Å²) in [7, 11) is 1.58. The van der Waals surface area contributed by atoms with E-state index in [0.29, 0.717) is 37.0 Å². The zero-order chi connectivity index (χ0) is 22.5. The average molecular weight is 456 g/mol. The standard InChI is InChI=1S/C23H26ClN5O3/c1-32-19-14-21-20(25-16-19)6-7-22(30)29(21)13-10-27-8-11-28(12-9-27)23(31)26-15-17-2-4-18(24)5-3-17/h2-7,14,16H,8-13,15H2,1H3,(H,26,31). The van der Waals surface area contributed by atoms with E-state index in [4.69, 9.17) is 16.3 Å². The number of amides is 2. The fourth-order valence-corrected chi connectivity index (χ4v) is 3.92. The zero-order valence-corrected chi connectivity index (χ0v) is 18.7. The number of carbonyl (C=O) groups is 1. The van der Waals surface area contributed by atoms with E-state index < -0.39 is 0 Å². The highest BCUT2D eigenvalue weighted by molar-refractivity contribution is 6.30. The summed E-state index contributed by atoms with van der Waals surface area (Å²) in [4.78, 5) is 33.4. The molecule has 168 valence electrons. The summed E-state index contributed by atoms with van der Waals surface area (Å²) in [5, 5.41) is 3.64. The first-order chi connectivity index (χ1) is 15.5. The maximum atomic E-state index is 12.5. The lowest BCUT2D eigenvalue weighted by molar-refractivity contribution is 0.136. The molecule has 0 saturated carbocycles. The number of nitrogens with zero attached hydrogens (tertiary/aromatic N) is 4. The number of urea groups is 1. The topological polar surface area (TPSA) is 79.7 Å². The van der Waals surface area contributed by atoms with Crippen LogP contribution in [0, 0.1) is 0 Å². The number of ether oxygens (including phenoxy) is 1. The number of pyridine rings is 2. The second-order valence-corrected chi connectivity index (χ2v) is 8.15. The van der Waals surface area contributed by atoms with E-state index in [1.807, 2.05) is 35.2 Å². The number of piperazine rings is 1. The van der Waals surface area contributed by atoms with Gasteiger partial charge in [-0.2, -0.15) is 0 Å². The normalized spacial score (nSPS) is 14.5. The van der Waals surface area contributed by atoms with Gasteiger partial charge in [-0.1, -0.05) is 23.7 Å². The van der Waals surface area contributed by atoms with E-state index in [0.717, 1.165) is 36.2 Å². The van der Waals surface area contributed by atoms with Crippen molar-refractivity contribution in [3.05, 3.63) is 69.6 Å². The zero-order valence-electron chi connectivity index (χ0n) is 18.0. The van der Waals surface area contributed by atoms with Crippen LogP contribution in [0.3, 0.4) is 0 Å². The summed E-state index contributed by atoms with van der Waals surface area (Å²) in [6.07, 6.45) is 1.65. The first-order valence-electron chi connectivity index (χ1n) is 10.6. The number of carbonyl (C=O) groups excluding carboxylic acids is 1. The summed E-state index contributed by atoms with van der Waals surface area (Å²) >= 11 is 5.90. The molecular weight excluding hydrogens is 430 g/mol. The Kier molecular flexibility index (Phi) is 6.92. The highest BCUT2D eigenvalue weighted by Gasteiger charge is 2.21. The average Bonchev–Trinajstić information content (AvgIpc) is 2.83. The number of nitrogens with one attached hydrogen (secondary N) is 1. The van der Waals surface area contributed by atoms with Crippen LogP contribution in [0.15, 0.2) is 53.5 Å². The molecule has 4 rings (SSSR count). The van der Waals surface area contributed by atoms with Crippen LogP contribution >= 0.6 is 11.6 Å². The van der Waals surface area contributed by atoms with Crippen molar-refractivity contribution in [2.45, 2.75) is 13.1 Å². The van der Waals surface area contributed by atoms with Gasteiger partial charge in [-0.05, 0) is 23.8 Å². The van der Waals surface area contributed by atoms with E-state index in [1.165, 1.54) is 0 Å². The van der Waals surface area contributed by atoms with Gasteiger partial charge in [-0.25, -0.2) is 4.79 Å². The number of rotatable bonds is 6. The van der Waals surface area contributed by atoms with E-state index in [-0.39, 0.29) is 11.6 Å². The molecule has 1 aliphatic rings. The summed E-state index contributed by atoms with van der Waals surface area (Å²) in [5.74, 6) is 0.620. The van der Waals surface area contributed by atoms with Crippen molar-refractivity contribution < 1.29 is 9.53 Å². The van der Waals surface area contributed by atoms with Gasteiger partial charge in [0, 0.05) is 63.0 Å². The Morgan fingerprint density at radius 1 is 1.09 bits per heavy atom. The Labute approximate surface area is 191 Å². The van der Waals surface area contributed by atoms with Crippen molar-refractivity contribution in [2.24, 2.45) is 0 Å². The van der Waals surface area contributed by atoms with E-state index in [2.05, 4.69) is 15.2 Å². The summed E-state index contributed by atoms with van der Waals surface area (Å²) in [6.45, 7) is 4.55. The molecule has 1 aromatic carbocycles. The summed E-state index contributed by atoms with van der Waals surface area (Å²) in [5.41, 5.74) is 2.46. The van der Waals surface area contributed by atoms with Gasteiger partial charge in [-0.15, -0.1) is 0 Å². The Hall–Kier alpha value is -3.10. The van der Waals surface area contributed by atoms with Gasteiger partial charge < -0.3 is 19.5 Å². The van der Waals surface area contributed by atoms with Crippen molar-refractivity contribution in [1.82, 2.24) is 24.7 Å². The van der Waals surface area contributed by atoms with Gasteiger partial charge in [0.2, 0.25) is 0 Å². The SMILES string of the molecule is COc1cnc2ccc(=O)n(CCN3CCN(C(=O)NCc4ccc(Cl)cc4)CC3)c2c1. The minimum absolute atomic E-state index is 0.0623. The lowest BCUT2D eigenvalue weighted by Gasteiger charge is -2.34. The first-order valence-corrected chi connectivity index (χ1v) is 10.9. The predicted molar refractivity (Wildman–Crippen MR) is 124 cm³/mol. The minimum atomic E-state index is -0.0666. The highest BCUT2D eigenvalue weighted by Crippen LogP contribution is 2.17. The summed E-state index contributed by atoms with van der Waals surface area (Å²) < 4.78 is 6.99. The van der Waals surface area contributed by atoms with Crippen molar-refractivity contribution in [1.29, 1.82) is 0 Å². The van der Waals surface area contributed by atoms with Crippen molar-refractivity contribution >= 4 is 28.7 Å². The van der Waals surface area contributed by atoms with Gasteiger partial charge in [0.05, 0.1) is 24.3 Å².